The molecule has 106 valence electrons. The van der Waals surface area contributed by atoms with Gasteiger partial charge in [0.1, 0.15) is 17.1 Å². The number of hydrogen-bond donors (Lipinski definition) is 3. The zero-order valence-corrected chi connectivity index (χ0v) is 10.2. The van der Waals surface area contributed by atoms with Crippen LogP contribution in [0.2, 0.25) is 0 Å². The van der Waals surface area contributed by atoms with Crippen LogP contribution in [0.1, 0.15) is 31.4 Å². The van der Waals surface area contributed by atoms with Gasteiger partial charge in [0.2, 0.25) is 0 Å². The highest BCUT2D eigenvalue weighted by molar-refractivity contribution is 5.69. The Morgan fingerprint density at radius 3 is 2.05 bits per heavy atom. The summed E-state index contributed by atoms with van der Waals surface area (Å²) in [7, 11) is 0. The summed E-state index contributed by atoms with van der Waals surface area (Å²) < 4.78 is 38.0. The summed E-state index contributed by atoms with van der Waals surface area (Å²) in [5.74, 6) is -2.96. The summed E-state index contributed by atoms with van der Waals surface area (Å²) in [4.78, 5) is 10.7. The average molecular weight is 278 g/mol. The number of aromatic hydroxyl groups is 2. The average Bonchev–Trinajstić information content (AvgIpc) is 2.17. The van der Waals surface area contributed by atoms with Gasteiger partial charge in [-0.05, 0) is 12.1 Å². The minimum atomic E-state index is -4.84. The van der Waals surface area contributed by atoms with Crippen LogP contribution < -0.4 is 0 Å². The second kappa shape index (κ2) is 4.64. The van der Waals surface area contributed by atoms with Crippen LogP contribution in [-0.4, -0.2) is 21.3 Å². The number of aliphatic carboxylic acids is 1. The van der Waals surface area contributed by atoms with E-state index in [0.29, 0.717) is 6.07 Å². The number of rotatable bonds is 3. The summed E-state index contributed by atoms with van der Waals surface area (Å²) in [6.07, 6.45) is -5.32. The fourth-order valence-corrected chi connectivity index (χ4v) is 1.82. The normalized spacial score (nSPS) is 12.5. The van der Waals surface area contributed by atoms with E-state index in [0.717, 1.165) is 6.07 Å². The van der Waals surface area contributed by atoms with Gasteiger partial charge in [0.25, 0.3) is 0 Å². The fraction of sp³-hybridized carbons (Fsp3) is 0.417. The number of carbonyl (C=O) groups is 1. The smallest absolute Gasteiger partial charge is 0.420 e. The van der Waals surface area contributed by atoms with E-state index in [4.69, 9.17) is 5.11 Å². The van der Waals surface area contributed by atoms with Crippen LogP contribution in [0.3, 0.4) is 0 Å². The summed E-state index contributed by atoms with van der Waals surface area (Å²) in [5, 5.41) is 27.7. The fourth-order valence-electron chi connectivity index (χ4n) is 1.82. The van der Waals surface area contributed by atoms with Crippen molar-refractivity contribution in [2.75, 3.05) is 0 Å². The minimum Gasteiger partial charge on any atom is -0.508 e. The molecule has 0 radical (unpaired) electrons. The molecule has 7 heteroatoms. The monoisotopic (exact) mass is 278 g/mol. The van der Waals surface area contributed by atoms with Gasteiger partial charge in [0.05, 0.1) is 6.42 Å². The van der Waals surface area contributed by atoms with Crippen LogP contribution in [0.15, 0.2) is 12.1 Å². The predicted molar refractivity (Wildman–Crippen MR) is 60.1 cm³/mol. The molecule has 0 aliphatic heterocycles. The quantitative estimate of drug-likeness (QED) is 0.743. The molecule has 0 bridgehead atoms. The molecule has 0 spiro atoms. The van der Waals surface area contributed by atoms with Crippen molar-refractivity contribution in [2.45, 2.75) is 31.9 Å². The molecule has 0 saturated heterocycles. The van der Waals surface area contributed by atoms with E-state index < -0.39 is 41.0 Å². The van der Waals surface area contributed by atoms with Gasteiger partial charge in [-0.25, -0.2) is 0 Å². The molecule has 0 aliphatic carbocycles. The molecule has 4 nitrogen and oxygen atoms in total. The Bertz CT molecular complexity index is 506. The number of benzene rings is 1. The van der Waals surface area contributed by atoms with Crippen molar-refractivity contribution in [3.05, 3.63) is 23.3 Å². The third kappa shape index (κ3) is 3.30. The lowest BCUT2D eigenvalue weighted by Crippen LogP contribution is -2.22. The van der Waals surface area contributed by atoms with Gasteiger partial charge >= 0.3 is 12.1 Å². The number of carboxylic acids is 1. The Labute approximate surface area is 107 Å². The SMILES string of the molecule is CC(C)(CC(=O)O)c1cc(O)cc(C(F)(F)F)c1O. The van der Waals surface area contributed by atoms with Crippen molar-refractivity contribution in [3.63, 3.8) is 0 Å². The Morgan fingerprint density at radius 2 is 1.63 bits per heavy atom. The summed E-state index contributed by atoms with van der Waals surface area (Å²) in [6.45, 7) is 2.74. The van der Waals surface area contributed by atoms with Crippen molar-refractivity contribution >= 4 is 5.97 Å². The number of phenolic OH excluding ortho intramolecular Hbond substituents is 2. The van der Waals surface area contributed by atoms with Crippen LogP contribution >= 0.6 is 0 Å². The highest BCUT2D eigenvalue weighted by Crippen LogP contribution is 2.44. The maximum Gasteiger partial charge on any atom is 0.420 e. The molecule has 3 N–H and O–H groups in total. The molecule has 1 aromatic carbocycles. The number of phenols is 2. The molecule has 0 unspecified atom stereocenters. The highest BCUT2D eigenvalue weighted by atomic mass is 19.4. The summed E-state index contributed by atoms with van der Waals surface area (Å²) in [6, 6.07) is 1.34. The van der Waals surface area contributed by atoms with Crippen molar-refractivity contribution in [1.29, 1.82) is 0 Å². The molecular weight excluding hydrogens is 265 g/mol. The van der Waals surface area contributed by atoms with Crippen LogP contribution in [0.4, 0.5) is 13.2 Å². The van der Waals surface area contributed by atoms with Crippen LogP contribution in [0.5, 0.6) is 11.5 Å². The van der Waals surface area contributed by atoms with E-state index >= 15 is 0 Å². The topological polar surface area (TPSA) is 77.8 Å². The Morgan fingerprint density at radius 1 is 1.16 bits per heavy atom. The van der Waals surface area contributed by atoms with E-state index in [9.17, 15) is 28.2 Å². The number of carboxylic acid groups (broad SMARTS) is 1. The molecule has 0 heterocycles. The first kappa shape index (κ1) is 15.1. The lowest BCUT2D eigenvalue weighted by Gasteiger charge is -2.25. The first-order valence-corrected chi connectivity index (χ1v) is 5.30. The maximum absolute atomic E-state index is 12.7. The van der Waals surface area contributed by atoms with Crippen LogP contribution in [0.25, 0.3) is 0 Å². The minimum absolute atomic E-state index is 0.262. The zero-order chi connectivity index (χ0) is 15.0. The molecule has 0 aliphatic rings. The van der Waals surface area contributed by atoms with Gasteiger partial charge in [-0.3, -0.25) is 4.79 Å². The van der Waals surface area contributed by atoms with Gasteiger partial charge in [0, 0.05) is 11.0 Å². The Hall–Kier alpha value is -1.92. The van der Waals surface area contributed by atoms with Gasteiger partial charge in [-0.2, -0.15) is 13.2 Å². The number of halogens is 3. The number of hydrogen-bond acceptors (Lipinski definition) is 3. The zero-order valence-electron chi connectivity index (χ0n) is 10.2. The van der Waals surface area contributed by atoms with Gasteiger partial charge in [-0.1, -0.05) is 13.8 Å². The van der Waals surface area contributed by atoms with E-state index in [2.05, 4.69) is 0 Å². The molecule has 0 saturated carbocycles. The number of alkyl halides is 3. The van der Waals surface area contributed by atoms with Crippen molar-refractivity contribution in [3.8, 4) is 11.5 Å². The van der Waals surface area contributed by atoms with Crippen molar-refractivity contribution in [2.24, 2.45) is 0 Å². The van der Waals surface area contributed by atoms with E-state index in [1.807, 2.05) is 0 Å². The van der Waals surface area contributed by atoms with E-state index in [1.54, 1.807) is 0 Å². The van der Waals surface area contributed by atoms with Gasteiger partial charge < -0.3 is 15.3 Å². The summed E-state index contributed by atoms with van der Waals surface area (Å²) >= 11 is 0. The summed E-state index contributed by atoms with van der Waals surface area (Å²) in [5.41, 5.74) is -2.91. The molecule has 1 aromatic rings. The van der Waals surface area contributed by atoms with Gasteiger partial charge in [-0.15, -0.1) is 0 Å². The Kier molecular flexibility index (Phi) is 3.70. The lowest BCUT2D eigenvalue weighted by atomic mass is 9.80. The van der Waals surface area contributed by atoms with Gasteiger partial charge in [0.15, 0.2) is 0 Å². The second-order valence-corrected chi connectivity index (χ2v) is 4.84. The first-order valence-electron chi connectivity index (χ1n) is 5.30. The molecule has 1 rings (SSSR count). The van der Waals surface area contributed by atoms with Crippen molar-refractivity contribution in [1.82, 2.24) is 0 Å². The Balaban J connectivity index is 3.45. The first-order chi connectivity index (χ1) is 8.45. The van der Waals surface area contributed by atoms with E-state index in [-0.39, 0.29) is 5.56 Å². The molecule has 0 fully saturated rings. The largest absolute Gasteiger partial charge is 0.508 e. The standard InChI is InChI=1S/C12H13F3O4/c1-11(2,5-9(17)18)7-3-6(16)4-8(10(7)19)12(13,14)15/h3-4,16,19H,5H2,1-2H3,(H,17,18). The predicted octanol–water partition coefficient (Wildman–Crippen LogP) is 2.87. The molecule has 19 heavy (non-hydrogen) atoms. The van der Waals surface area contributed by atoms with Crippen LogP contribution in [0, 0.1) is 0 Å². The third-order valence-electron chi connectivity index (χ3n) is 2.72. The lowest BCUT2D eigenvalue weighted by molar-refractivity contribution is -0.139. The van der Waals surface area contributed by atoms with Crippen LogP contribution in [-0.2, 0) is 16.4 Å². The maximum atomic E-state index is 12.7. The molecule has 0 aromatic heterocycles. The van der Waals surface area contributed by atoms with E-state index in [1.165, 1.54) is 13.8 Å². The third-order valence-corrected chi connectivity index (χ3v) is 2.72. The molecular formula is C12H13F3O4. The molecule has 0 atom stereocenters. The molecule has 0 amide bonds. The second-order valence-electron chi connectivity index (χ2n) is 4.84. The van der Waals surface area contributed by atoms with Crippen molar-refractivity contribution < 1.29 is 33.3 Å². The highest BCUT2D eigenvalue weighted by Gasteiger charge is 2.38.